The lowest BCUT2D eigenvalue weighted by atomic mass is 9.61. The fourth-order valence-corrected chi connectivity index (χ4v) is 2.40. The lowest BCUT2D eigenvalue weighted by Gasteiger charge is -2.47. The topological polar surface area (TPSA) is 57.5 Å². The van der Waals surface area contributed by atoms with E-state index in [1.807, 2.05) is 41.5 Å². The van der Waals surface area contributed by atoms with Gasteiger partial charge in [0.2, 0.25) is 0 Å². The van der Waals surface area contributed by atoms with Gasteiger partial charge in [0, 0.05) is 0 Å². The minimum absolute atomic E-state index is 0.267. The van der Waals surface area contributed by atoms with E-state index < -0.39 is 11.6 Å². The average molecular weight is 252 g/mol. The molecule has 0 saturated heterocycles. The Morgan fingerprint density at radius 3 is 2.06 bits per heavy atom. The van der Waals surface area contributed by atoms with E-state index in [9.17, 15) is 9.90 Å². The molecule has 0 saturated carbocycles. The highest BCUT2D eigenvalue weighted by atomic mass is 16.4. The minimum Gasteiger partial charge on any atom is -0.478 e. The number of aliphatic hydroxyl groups is 1. The normalized spacial score (nSPS) is 25.5. The predicted molar refractivity (Wildman–Crippen MR) is 72.3 cm³/mol. The zero-order valence-corrected chi connectivity index (χ0v) is 12.2. The summed E-state index contributed by atoms with van der Waals surface area (Å²) in [5, 5.41) is 20.1. The Balaban J connectivity index is 3.38. The molecule has 0 aromatic rings. The fourth-order valence-electron chi connectivity index (χ4n) is 2.40. The largest absolute Gasteiger partial charge is 0.478 e. The zero-order chi connectivity index (χ0) is 14.4. The molecule has 0 fully saturated rings. The van der Waals surface area contributed by atoms with Crippen LogP contribution in [0, 0.1) is 10.8 Å². The number of carboxylic acid groups (broad SMARTS) is 1. The van der Waals surface area contributed by atoms with Crippen LogP contribution in [0.25, 0.3) is 0 Å². The number of carbonyl (C=O) groups is 1. The molecule has 1 atom stereocenters. The second-order valence-corrected chi connectivity index (χ2v) is 7.09. The van der Waals surface area contributed by atoms with Crippen LogP contribution in [-0.2, 0) is 4.79 Å². The predicted octanol–water partition coefficient (Wildman–Crippen LogP) is 3.15. The minimum atomic E-state index is -0.996. The molecule has 0 aromatic heterocycles. The summed E-state index contributed by atoms with van der Waals surface area (Å²) in [6, 6.07) is 0. The molecule has 0 aliphatic heterocycles. The molecular weight excluding hydrogens is 228 g/mol. The number of hydrogen-bond acceptors (Lipinski definition) is 2. The highest BCUT2D eigenvalue weighted by molar-refractivity contribution is 5.90. The molecule has 0 spiro atoms. The fraction of sp³-hybridized carbons (Fsp3) is 0.667. The van der Waals surface area contributed by atoms with Gasteiger partial charge in [-0.2, -0.15) is 0 Å². The maximum Gasteiger partial charge on any atom is 0.335 e. The summed E-state index contributed by atoms with van der Waals surface area (Å²) in [5.41, 5.74) is -0.537. The van der Waals surface area contributed by atoms with Crippen molar-refractivity contribution in [2.75, 3.05) is 0 Å². The van der Waals surface area contributed by atoms with E-state index in [4.69, 9.17) is 5.11 Å². The molecule has 0 bridgehead atoms. The summed E-state index contributed by atoms with van der Waals surface area (Å²) < 4.78 is 0. The van der Waals surface area contributed by atoms with Gasteiger partial charge in [-0.05, 0) is 28.9 Å². The third-order valence-corrected chi connectivity index (χ3v) is 3.66. The lowest BCUT2D eigenvalue weighted by molar-refractivity contribution is -0.132. The number of carboxylic acids is 1. The van der Waals surface area contributed by atoms with Gasteiger partial charge in [0.05, 0.1) is 11.2 Å². The Hall–Kier alpha value is -1.09. The first kappa shape index (κ1) is 15.0. The van der Waals surface area contributed by atoms with E-state index in [-0.39, 0.29) is 16.4 Å². The van der Waals surface area contributed by atoms with Gasteiger partial charge >= 0.3 is 5.97 Å². The van der Waals surface area contributed by atoms with Gasteiger partial charge in [0.25, 0.3) is 0 Å². The summed E-state index contributed by atoms with van der Waals surface area (Å²) in [7, 11) is 0. The van der Waals surface area contributed by atoms with E-state index in [0.29, 0.717) is 6.42 Å². The third-order valence-electron chi connectivity index (χ3n) is 3.66. The molecule has 2 N–H and O–H groups in total. The molecule has 102 valence electrons. The SMILES string of the molecule is CC(C)(C)C1=CC(C(=O)O)=CCC1(O)C(C)(C)C. The summed E-state index contributed by atoms with van der Waals surface area (Å²) >= 11 is 0. The van der Waals surface area contributed by atoms with E-state index in [2.05, 4.69) is 0 Å². The molecular formula is C15H24O3. The van der Waals surface area contributed by atoms with Crippen molar-refractivity contribution in [1.29, 1.82) is 0 Å². The highest BCUT2D eigenvalue weighted by Gasteiger charge is 2.47. The molecule has 1 aliphatic carbocycles. The van der Waals surface area contributed by atoms with Crippen LogP contribution < -0.4 is 0 Å². The van der Waals surface area contributed by atoms with Crippen molar-refractivity contribution in [3.8, 4) is 0 Å². The van der Waals surface area contributed by atoms with Crippen LogP contribution in [0.2, 0.25) is 0 Å². The van der Waals surface area contributed by atoms with Gasteiger partial charge < -0.3 is 10.2 Å². The van der Waals surface area contributed by atoms with Crippen molar-refractivity contribution in [2.24, 2.45) is 10.8 Å². The quantitative estimate of drug-likeness (QED) is 0.753. The van der Waals surface area contributed by atoms with Gasteiger partial charge in [-0.25, -0.2) is 4.79 Å². The van der Waals surface area contributed by atoms with Gasteiger partial charge in [-0.1, -0.05) is 47.6 Å². The first-order valence-corrected chi connectivity index (χ1v) is 6.28. The Bertz CT molecular complexity index is 416. The molecule has 1 rings (SSSR count). The van der Waals surface area contributed by atoms with E-state index in [0.717, 1.165) is 5.57 Å². The second kappa shape index (κ2) is 4.23. The Kier molecular flexibility index (Phi) is 3.52. The van der Waals surface area contributed by atoms with E-state index in [1.165, 1.54) is 0 Å². The van der Waals surface area contributed by atoms with Crippen LogP contribution in [0.4, 0.5) is 0 Å². The average Bonchev–Trinajstić information content (AvgIpc) is 2.14. The summed E-state index contributed by atoms with van der Waals surface area (Å²) in [6.07, 6.45) is 3.60. The van der Waals surface area contributed by atoms with Crippen LogP contribution in [0.5, 0.6) is 0 Å². The second-order valence-electron chi connectivity index (χ2n) is 7.09. The van der Waals surface area contributed by atoms with Crippen molar-refractivity contribution < 1.29 is 15.0 Å². The monoisotopic (exact) mass is 252 g/mol. The maximum absolute atomic E-state index is 11.1. The van der Waals surface area contributed by atoms with Gasteiger partial charge in [-0.3, -0.25) is 0 Å². The molecule has 0 heterocycles. The van der Waals surface area contributed by atoms with Crippen molar-refractivity contribution in [3.63, 3.8) is 0 Å². The van der Waals surface area contributed by atoms with Gasteiger partial charge in [0.15, 0.2) is 0 Å². The third kappa shape index (κ3) is 2.51. The van der Waals surface area contributed by atoms with Crippen molar-refractivity contribution >= 4 is 5.97 Å². The summed E-state index contributed by atoms with van der Waals surface area (Å²) in [6.45, 7) is 11.9. The molecule has 1 unspecified atom stereocenters. The molecule has 0 radical (unpaired) electrons. The van der Waals surface area contributed by atoms with Crippen molar-refractivity contribution in [3.05, 3.63) is 23.3 Å². The Morgan fingerprint density at radius 1 is 1.22 bits per heavy atom. The summed E-state index contributed by atoms with van der Waals surface area (Å²) in [4.78, 5) is 11.1. The molecule has 0 amide bonds. The first-order chi connectivity index (χ1) is 7.89. The molecule has 3 heteroatoms. The van der Waals surface area contributed by atoms with Crippen molar-refractivity contribution in [1.82, 2.24) is 0 Å². The van der Waals surface area contributed by atoms with Gasteiger partial charge in [-0.15, -0.1) is 0 Å². The smallest absolute Gasteiger partial charge is 0.335 e. The highest BCUT2D eigenvalue weighted by Crippen LogP contribution is 2.48. The Morgan fingerprint density at radius 2 is 1.72 bits per heavy atom. The first-order valence-electron chi connectivity index (χ1n) is 6.28. The number of rotatable bonds is 1. The van der Waals surface area contributed by atoms with E-state index in [1.54, 1.807) is 12.2 Å². The summed E-state index contributed by atoms with van der Waals surface area (Å²) in [5.74, 6) is -0.937. The van der Waals surface area contributed by atoms with E-state index >= 15 is 0 Å². The van der Waals surface area contributed by atoms with Crippen LogP contribution in [0.3, 0.4) is 0 Å². The standard InChI is InChI=1S/C15H24O3/c1-13(2,3)11-9-10(12(16)17)7-8-15(11,18)14(4,5)6/h7,9,18H,8H2,1-6H3,(H,16,17). The van der Waals surface area contributed by atoms with Crippen LogP contribution in [0.15, 0.2) is 23.3 Å². The molecule has 3 nitrogen and oxygen atoms in total. The molecule has 0 aromatic carbocycles. The Labute approximate surface area is 109 Å². The van der Waals surface area contributed by atoms with Crippen LogP contribution in [0.1, 0.15) is 48.0 Å². The van der Waals surface area contributed by atoms with Crippen LogP contribution >= 0.6 is 0 Å². The van der Waals surface area contributed by atoms with Crippen molar-refractivity contribution in [2.45, 2.75) is 53.6 Å². The lowest BCUT2D eigenvalue weighted by Crippen LogP contribution is -2.49. The molecule has 1 aliphatic rings. The van der Waals surface area contributed by atoms with Crippen LogP contribution in [-0.4, -0.2) is 21.8 Å². The number of aliphatic carboxylic acids is 1. The van der Waals surface area contributed by atoms with Gasteiger partial charge in [0.1, 0.15) is 0 Å². The maximum atomic E-state index is 11.1. The number of hydrogen-bond donors (Lipinski definition) is 2. The molecule has 18 heavy (non-hydrogen) atoms. The zero-order valence-electron chi connectivity index (χ0n) is 12.2.